The van der Waals surface area contributed by atoms with E-state index in [4.69, 9.17) is 12.2 Å². The fourth-order valence-corrected chi connectivity index (χ4v) is 4.91. The first-order valence-corrected chi connectivity index (χ1v) is 9.29. The molecule has 3 aromatic rings. The van der Waals surface area contributed by atoms with Crippen LogP contribution in [0.4, 0.5) is 5.69 Å². The molecule has 0 amide bonds. The average Bonchev–Trinajstić information content (AvgIpc) is 2.89. The van der Waals surface area contributed by atoms with Crippen LogP contribution in [0.15, 0.2) is 42.5 Å². The first-order chi connectivity index (χ1) is 11.4. The second kappa shape index (κ2) is 5.30. The third-order valence-electron chi connectivity index (χ3n) is 4.74. The van der Waals surface area contributed by atoms with Crippen molar-refractivity contribution >= 4 is 29.4 Å². The predicted octanol–water partition coefficient (Wildman–Crippen LogP) is 6.21. The summed E-state index contributed by atoms with van der Waals surface area (Å²) in [5.41, 5.74) is 7.18. The number of hydrogen-bond acceptors (Lipinski definition) is 3. The van der Waals surface area contributed by atoms with E-state index >= 15 is 0 Å². The monoisotopic (exact) mass is 352 g/mol. The highest BCUT2D eigenvalue weighted by Crippen LogP contribution is 2.47. The second-order valence-corrected chi connectivity index (χ2v) is 8.30. The molecule has 0 atom stereocenters. The minimum atomic E-state index is -0.132. The second-order valence-electron chi connectivity index (χ2n) is 6.96. The summed E-state index contributed by atoms with van der Waals surface area (Å²) < 4.78 is 3.10. The Labute approximate surface area is 151 Å². The molecule has 1 aliphatic heterocycles. The molecule has 0 fully saturated rings. The Morgan fingerprint density at radius 2 is 1.79 bits per heavy atom. The van der Waals surface area contributed by atoms with E-state index in [0.717, 1.165) is 16.0 Å². The summed E-state index contributed by atoms with van der Waals surface area (Å²) in [6, 6.07) is 15.0. The van der Waals surface area contributed by atoms with Crippen molar-refractivity contribution in [1.29, 1.82) is 0 Å². The molecule has 1 aliphatic rings. The van der Waals surface area contributed by atoms with Crippen molar-refractivity contribution in [2.45, 2.75) is 33.2 Å². The van der Waals surface area contributed by atoms with Crippen LogP contribution in [0.25, 0.3) is 16.8 Å². The lowest BCUT2D eigenvalue weighted by molar-refractivity contribution is 0.620. The average molecular weight is 353 g/mol. The number of nitrogens with zero attached hydrogens (tertiary/aromatic N) is 1. The van der Waals surface area contributed by atoms with Gasteiger partial charge in [-0.25, -0.2) is 0 Å². The summed E-state index contributed by atoms with van der Waals surface area (Å²) >= 11 is 7.64. The van der Waals surface area contributed by atoms with E-state index in [-0.39, 0.29) is 5.54 Å². The van der Waals surface area contributed by atoms with Crippen LogP contribution in [-0.2, 0) is 5.54 Å². The van der Waals surface area contributed by atoms with Crippen LogP contribution in [0.1, 0.15) is 29.9 Å². The molecule has 4 rings (SSSR count). The molecule has 4 heteroatoms. The topological polar surface area (TPSA) is 17.0 Å². The third-order valence-corrected chi connectivity index (χ3v) is 6.72. The summed E-state index contributed by atoms with van der Waals surface area (Å²) in [6.45, 7) is 8.73. The molecular formula is C20H20N2S2. The predicted molar refractivity (Wildman–Crippen MR) is 106 cm³/mol. The first-order valence-electron chi connectivity index (χ1n) is 8.10. The van der Waals surface area contributed by atoms with Gasteiger partial charge in [0.1, 0.15) is 4.64 Å². The molecule has 1 N–H and O–H groups in total. The Hall–Kier alpha value is -1.91. The maximum atomic E-state index is 5.89. The van der Waals surface area contributed by atoms with Gasteiger partial charge in [-0.3, -0.25) is 3.96 Å². The number of benzene rings is 2. The molecule has 2 heterocycles. The molecular weight excluding hydrogens is 332 g/mol. The molecule has 0 saturated heterocycles. The largest absolute Gasteiger partial charge is 0.375 e. The zero-order valence-electron chi connectivity index (χ0n) is 14.3. The van der Waals surface area contributed by atoms with Crippen LogP contribution >= 0.6 is 23.8 Å². The number of anilines is 1. The van der Waals surface area contributed by atoms with E-state index < -0.39 is 0 Å². The maximum Gasteiger partial charge on any atom is 0.129 e. The highest BCUT2D eigenvalue weighted by atomic mass is 32.1. The Morgan fingerprint density at radius 1 is 1.04 bits per heavy atom. The molecule has 0 bridgehead atoms. The Bertz CT molecular complexity index is 1010. The number of fused-ring (bicyclic) bond motifs is 3. The normalized spacial score (nSPS) is 14.7. The van der Waals surface area contributed by atoms with E-state index in [2.05, 4.69) is 79.4 Å². The summed E-state index contributed by atoms with van der Waals surface area (Å²) in [7, 11) is 0. The third kappa shape index (κ3) is 2.25. The summed E-state index contributed by atoms with van der Waals surface area (Å²) in [5, 5.41) is 3.66. The number of nitrogens with one attached hydrogen (secondary N) is 1. The summed E-state index contributed by atoms with van der Waals surface area (Å²) in [5.74, 6) is 0. The van der Waals surface area contributed by atoms with E-state index in [1.165, 1.54) is 27.1 Å². The molecule has 0 radical (unpaired) electrons. The van der Waals surface area contributed by atoms with Crippen LogP contribution in [0.5, 0.6) is 0 Å². The van der Waals surface area contributed by atoms with Gasteiger partial charge < -0.3 is 5.32 Å². The quantitative estimate of drug-likeness (QED) is 0.524. The van der Waals surface area contributed by atoms with Crippen molar-refractivity contribution in [1.82, 2.24) is 3.96 Å². The van der Waals surface area contributed by atoms with E-state index in [1.807, 2.05) is 0 Å². The highest BCUT2D eigenvalue weighted by Gasteiger charge is 2.34. The maximum absolute atomic E-state index is 5.89. The SMILES string of the molecule is Cc1ccc(-n2sc3c(c2=S)-c2ccccc2NC3(C)C)cc1C. The van der Waals surface area contributed by atoms with Gasteiger partial charge in [0.05, 0.1) is 16.1 Å². The van der Waals surface area contributed by atoms with Crippen molar-refractivity contribution in [2.75, 3.05) is 5.32 Å². The standard InChI is InChI=1S/C20H20N2S2/c1-12-9-10-14(11-13(12)2)22-19(23)17-15-7-5-6-8-16(15)21-20(3,4)18(17)24-22/h5-11,21H,1-4H3. The summed E-state index contributed by atoms with van der Waals surface area (Å²) in [4.78, 5) is 1.30. The van der Waals surface area contributed by atoms with Gasteiger partial charge in [-0.05, 0) is 57.0 Å². The van der Waals surface area contributed by atoms with Gasteiger partial charge in [0, 0.05) is 16.8 Å². The van der Waals surface area contributed by atoms with Gasteiger partial charge in [-0.2, -0.15) is 0 Å². The van der Waals surface area contributed by atoms with Gasteiger partial charge >= 0.3 is 0 Å². The van der Waals surface area contributed by atoms with Crippen molar-refractivity contribution in [3.63, 3.8) is 0 Å². The molecule has 122 valence electrons. The summed E-state index contributed by atoms with van der Waals surface area (Å²) in [6.07, 6.45) is 0. The van der Waals surface area contributed by atoms with E-state index in [0.29, 0.717) is 0 Å². The first kappa shape index (κ1) is 15.6. The molecule has 0 aliphatic carbocycles. The Balaban J connectivity index is 2.01. The van der Waals surface area contributed by atoms with Gasteiger partial charge in [-0.15, -0.1) is 0 Å². The number of rotatable bonds is 1. The fourth-order valence-electron chi connectivity index (χ4n) is 3.27. The van der Waals surface area contributed by atoms with Crippen LogP contribution in [0.2, 0.25) is 0 Å². The lowest BCUT2D eigenvalue weighted by Crippen LogP contribution is -2.30. The van der Waals surface area contributed by atoms with Crippen LogP contribution in [0, 0.1) is 18.5 Å². The van der Waals surface area contributed by atoms with E-state index in [1.54, 1.807) is 11.5 Å². The molecule has 0 spiro atoms. The minimum Gasteiger partial charge on any atom is -0.375 e. The molecule has 0 unspecified atom stereocenters. The van der Waals surface area contributed by atoms with E-state index in [9.17, 15) is 0 Å². The van der Waals surface area contributed by atoms with Crippen LogP contribution in [0.3, 0.4) is 0 Å². The fraction of sp³-hybridized carbons (Fsp3) is 0.250. The lowest BCUT2D eigenvalue weighted by Gasteiger charge is -2.33. The highest BCUT2D eigenvalue weighted by molar-refractivity contribution is 7.71. The Kier molecular flexibility index (Phi) is 3.44. The Morgan fingerprint density at radius 3 is 2.54 bits per heavy atom. The van der Waals surface area contributed by atoms with Crippen LogP contribution < -0.4 is 5.32 Å². The molecule has 0 saturated carbocycles. The van der Waals surface area contributed by atoms with Gasteiger partial charge in [0.2, 0.25) is 0 Å². The van der Waals surface area contributed by atoms with Crippen molar-refractivity contribution < 1.29 is 0 Å². The smallest absolute Gasteiger partial charge is 0.129 e. The molecule has 2 aromatic carbocycles. The minimum absolute atomic E-state index is 0.132. The molecule has 24 heavy (non-hydrogen) atoms. The van der Waals surface area contributed by atoms with Gasteiger partial charge in [0.15, 0.2) is 0 Å². The van der Waals surface area contributed by atoms with Gasteiger partial charge in [0.25, 0.3) is 0 Å². The van der Waals surface area contributed by atoms with Crippen molar-refractivity contribution in [2.24, 2.45) is 0 Å². The van der Waals surface area contributed by atoms with Crippen LogP contribution in [-0.4, -0.2) is 3.96 Å². The number of para-hydroxylation sites is 1. The lowest BCUT2D eigenvalue weighted by atomic mass is 9.90. The van der Waals surface area contributed by atoms with Gasteiger partial charge in [-0.1, -0.05) is 48.0 Å². The van der Waals surface area contributed by atoms with Crippen molar-refractivity contribution in [3.05, 3.63) is 63.1 Å². The zero-order valence-corrected chi connectivity index (χ0v) is 15.9. The zero-order chi connectivity index (χ0) is 17.1. The number of hydrogen-bond donors (Lipinski definition) is 1. The molecule has 1 aromatic heterocycles. The number of aromatic nitrogens is 1. The number of aryl methyl sites for hydroxylation is 2. The molecule has 2 nitrogen and oxygen atoms in total. The van der Waals surface area contributed by atoms with Crippen molar-refractivity contribution in [3.8, 4) is 16.8 Å².